The number of hydrogen-bond acceptors (Lipinski definition) is 5. The molecular formula is C31H36N8. The Morgan fingerprint density at radius 3 is 2.10 bits per heavy atom. The second-order valence-corrected chi connectivity index (χ2v) is 13.6. The molecule has 0 fully saturated rings. The maximum atomic E-state index is 5.15. The Balaban J connectivity index is 1.56. The Morgan fingerprint density at radius 1 is 0.667 bits per heavy atom. The van der Waals surface area contributed by atoms with Crippen LogP contribution in [0.3, 0.4) is 0 Å². The zero-order valence-electron chi connectivity index (χ0n) is 24.3. The summed E-state index contributed by atoms with van der Waals surface area (Å²) < 4.78 is 6.12. The number of aromatic nitrogens is 8. The SMILES string of the molecule is CC(C)(C)c1cc(-c2cn3cc(-c4cc5cccc(C(C)(C)C)n5n4)nc(C(C)(C)C)c3n2)cn2cnnc12. The highest BCUT2D eigenvalue weighted by molar-refractivity contribution is 5.70. The Bertz CT molecular complexity index is 1860. The van der Waals surface area contributed by atoms with Crippen molar-refractivity contribution in [3.8, 4) is 22.6 Å². The van der Waals surface area contributed by atoms with Gasteiger partial charge < -0.3 is 4.40 Å². The van der Waals surface area contributed by atoms with Crippen LogP contribution >= 0.6 is 0 Å². The third-order valence-corrected chi connectivity index (χ3v) is 7.16. The first-order valence-electron chi connectivity index (χ1n) is 13.4. The summed E-state index contributed by atoms with van der Waals surface area (Å²) in [5.41, 5.74) is 9.21. The molecule has 6 aromatic heterocycles. The van der Waals surface area contributed by atoms with E-state index in [1.54, 1.807) is 6.33 Å². The van der Waals surface area contributed by atoms with Gasteiger partial charge in [0.15, 0.2) is 11.3 Å². The fourth-order valence-corrected chi connectivity index (χ4v) is 5.10. The van der Waals surface area contributed by atoms with E-state index in [2.05, 4.69) is 113 Å². The molecule has 0 radical (unpaired) electrons. The summed E-state index contributed by atoms with van der Waals surface area (Å²) in [7, 11) is 0. The first-order chi connectivity index (χ1) is 18.2. The lowest BCUT2D eigenvalue weighted by molar-refractivity contribution is 0.549. The quantitative estimate of drug-likeness (QED) is 0.256. The van der Waals surface area contributed by atoms with E-state index in [0.717, 1.165) is 56.4 Å². The van der Waals surface area contributed by atoms with Crippen molar-refractivity contribution in [2.45, 2.75) is 78.6 Å². The lowest BCUT2D eigenvalue weighted by atomic mass is 9.87. The topological polar surface area (TPSA) is 77.7 Å². The Hall–Kier alpha value is -4.07. The van der Waals surface area contributed by atoms with E-state index in [0.29, 0.717) is 0 Å². The molecule has 0 atom stereocenters. The lowest BCUT2D eigenvalue weighted by Gasteiger charge is -2.20. The van der Waals surface area contributed by atoms with Crippen molar-refractivity contribution in [2.24, 2.45) is 0 Å². The Morgan fingerprint density at radius 2 is 1.41 bits per heavy atom. The van der Waals surface area contributed by atoms with Crippen LogP contribution in [0.25, 0.3) is 39.5 Å². The van der Waals surface area contributed by atoms with Crippen LogP contribution in [0.2, 0.25) is 0 Å². The average Bonchev–Trinajstić information content (AvgIpc) is 3.57. The van der Waals surface area contributed by atoms with Crippen LogP contribution in [0, 0.1) is 0 Å². The highest BCUT2D eigenvalue weighted by Crippen LogP contribution is 2.33. The molecule has 200 valence electrons. The van der Waals surface area contributed by atoms with Crippen molar-refractivity contribution >= 4 is 16.8 Å². The van der Waals surface area contributed by atoms with E-state index in [-0.39, 0.29) is 16.2 Å². The van der Waals surface area contributed by atoms with Crippen LogP contribution in [-0.4, -0.2) is 38.6 Å². The third-order valence-electron chi connectivity index (χ3n) is 7.16. The zero-order chi connectivity index (χ0) is 27.9. The van der Waals surface area contributed by atoms with E-state index in [4.69, 9.17) is 15.1 Å². The van der Waals surface area contributed by atoms with Crippen LogP contribution in [0.5, 0.6) is 0 Å². The number of fused-ring (bicyclic) bond motifs is 3. The molecule has 6 aromatic rings. The molecule has 39 heavy (non-hydrogen) atoms. The lowest BCUT2D eigenvalue weighted by Crippen LogP contribution is -2.17. The fraction of sp³-hybridized carbons (Fsp3) is 0.387. The molecular weight excluding hydrogens is 484 g/mol. The highest BCUT2D eigenvalue weighted by Gasteiger charge is 2.26. The molecule has 0 spiro atoms. The van der Waals surface area contributed by atoms with Gasteiger partial charge in [-0.05, 0) is 29.7 Å². The number of hydrogen-bond donors (Lipinski definition) is 0. The van der Waals surface area contributed by atoms with Crippen molar-refractivity contribution in [3.05, 3.63) is 72.2 Å². The standard InChI is InChI=1S/C31H36N8/c1-29(2,3)21-13-19(15-38-18-32-35-27(21)38)23-16-37-17-24(33-26(28(37)34-23)31(7,8)9)22-14-20-11-10-12-25(30(4,5)6)39(20)36-22/h10-18H,1-9H3. The molecule has 0 amide bonds. The maximum absolute atomic E-state index is 5.15. The smallest absolute Gasteiger partial charge is 0.164 e. The maximum Gasteiger partial charge on any atom is 0.164 e. The summed E-state index contributed by atoms with van der Waals surface area (Å²) in [4.78, 5) is 10.3. The van der Waals surface area contributed by atoms with Gasteiger partial charge in [-0.3, -0.25) is 4.40 Å². The molecule has 0 saturated heterocycles. The number of rotatable bonds is 2. The summed E-state index contributed by atoms with van der Waals surface area (Å²) >= 11 is 0. The van der Waals surface area contributed by atoms with E-state index in [9.17, 15) is 0 Å². The molecule has 0 bridgehead atoms. The fourth-order valence-electron chi connectivity index (χ4n) is 5.10. The van der Waals surface area contributed by atoms with Gasteiger partial charge in [0.05, 0.1) is 16.9 Å². The zero-order valence-corrected chi connectivity index (χ0v) is 24.3. The summed E-state index contributed by atoms with van der Waals surface area (Å²) in [5.74, 6) is 0. The first kappa shape index (κ1) is 25.2. The molecule has 0 N–H and O–H groups in total. The van der Waals surface area contributed by atoms with Gasteiger partial charge in [-0.15, -0.1) is 10.2 Å². The van der Waals surface area contributed by atoms with Crippen molar-refractivity contribution in [2.75, 3.05) is 0 Å². The van der Waals surface area contributed by atoms with Crippen molar-refractivity contribution in [1.82, 2.24) is 38.6 Å². The summed E-state index contributed by atoms with van der Waals surface area (Å²) in [6.45, 7) is 19.7. The normalized spacial score (nSPS) is 13.3. The van der Waals surface area contributed by atoms with Gasteiger partial charge in [-0.1, -0.05) is 68.4 Å². The minimum absolute atomic E-state index is 0.0340. The molecule has 0 aromatic carbocycles. The monoisotopic (exact) mass is 520 g/mol. The van der Waals surface area contributed by atoms with Crippen LogP contribution < -0.4 is 0 Å². The molecule has 0 aliphatic rings. The van der Waals surface area contributed by atoms with Crippen molar-refractivity contribution in [1.29, 1.82) is 0 Å². The molecule has 8 nitrogen and oxygen atoms in total. The van der Waals surface area contributed by atoms with Crippen molar-refractivity contribution < 1.29 is 0 Å². The minimum Gasteiger partial charge on any atom is -0.303 e. The summed E-state index contributed by atoms with van der Waals surface area (Å²) in [6.07, 6.45) is 7.93. The van der Waals surface area contributed by atoms with Gasteiger partial charge in [0.25, 0.3) is 0 Å². The van der Waals surface area contributed by atoms with E-state index >= 15 is 0 Å². The summed E-state index contributed by atoms with van der Waals surface area (Å²) in [5, 5.41) is 13.5. The molecule has 0 aliphatic heterocycles. The third kappa shape index (κ3) is 4.28. The van der Waals surface area contributed by atoms with Crippen LogP contribution in [-0.2, 0) is 16.2 Å². The highest BCUT2D eigenvalue weighted by atomic mass is 15.2. The molecule has 0 unspecified atom stereocenters. The average molecular weight is 521 g/mol. The van der Waals surface area contributed by atoms with Gasteiger partial charge in [0.1, 0.15) is 17.7 Å². The van der Waals surface area contributed by atoms with Gasteiger partial charge >= 0.3 is 0 Å². The predicted octanol–water partition coefficient (Wildman–Crippen LogP) is 6.65. The van der Waals surface area contributed by atoms with E-state index in [1.165, 1.54) is 0 Å². The summed E-state index contributed by atoms with van der Waals surface area (Å²) in [6, 6.07) is 10.6. The largest absolute Gasteiger partial charge is 0.303 e. The molecule has 8 heteroatoms. The van der Waals surface area contributed by atoms with E-state index in [1.807, 2.05) is 21.3 Å². The number of nitrogens with zero attached hydrogens (tertiary/aromatic N) is 8. The Kier molecular flexibility index (Phi) is 5.31. The van der Waals surface area contributed by atoms with Crippen LogP contribution in [0.4, 0.5) is 0 Å². The van der Waals surface area contributed by atoms with Gasteiger partial charge in [0, 0.05) is 46.2 Å². The minimum atomic E-state index is -0.218. The number of pyridine rings is 2. The molecule has 6 rings (SSSR count). The Labute approximate surface area is 228 Å². The molecule has 6 heterocycles. The van der Waals surface area contributed by atoms with Crippen molar-refractivity contribution in [3.63, 3.8) is 0 Å². The van der Waals surface area contributed by atoms with Crippen LogP contribution in [0.15, 0.2) is 55.2 Å². The second-order valence-electron chi connectivity index (χ2n) is 13.6. The molecule has 0 saturated carbocycles. The number of imidazole rings is 1. The van der Waals surface area contributed by atoms with E-state index < -0.39 is 0 Å². The van der Waals surface area contributed by atoms with Crippen LogP contribution in [0.1, 0.15) is 79.3 Å². The van der Waals surface area contributed by atoms with Gasteiger partial charge in [-0.25, -0.2) is 14.5 Å². The predicted molar refractivity (Wildman–Crippen MR) is 155 cm³/mol. The first-order valence-corrected chi connectivity index (χ1v) is 13.4. The second kappa shape index (κ2) is 8.21. The molecule has 0 aliphatic carbocycles. The van der Waals surface area contributed by atoms with Gasteiger partial charge in [-0.2, -0.15) is 5.10 Å². The van der Waals surface area contributed by atoms with Gasteiger partial charge in [0.2, 0.25) is 0 Å².